The third-order valence-electron chi connectivity index (χ3n) is 1.47. The van der Waals surface area contributed by atoms with Crippen LogP contribution in [0.25, 0.3) is 0 Å². The molecule has 7 heteroatoms. The van der Waals surface area contributed by atoms with Crippen molar-refractivity contribution in [2.75, 3.05) is 0 Å². The lowest BCUT2D eigenvalue weighted by Crippen LogP contribution is -2.35. The first-order valence-electron chi connectivity index (χ1n) is 3.26. The summed E-state index contributed by atoms with van der Waals surface area (Å²) in [5.41, 5.74) is 0. The summed E-state index contributed by atoms with van der Waals surface area (Å²) >= 11 is 3.78. The minimum atomic E-state index is -4.03. The van der Waals surface area contributed by atoms with Gasteiger partial charge in [0.15, 0.2) is 6.29 Å². The van der Waals surface area contributed by atoms with Crippen molar-refractivity contribution in [1.82, 2.24) is 0 Å². The maximum atomic E-state index is 10.7. The van der Waals surface area contributed by atoms with Crippen molar-refractivity contribution < 1.29 is 21.6 Å². The molecule has 1 saturated heterocycles. The summed E-state index contributed by atoms with van der Waals surface area (Å²) in [6, 6.07) is 0. The van der Waals surface area contributed by atoms with Crippen LogP contribution in [0.5, 0.6) is 0 Å². The molecule has 70 valence electrons. The van der Waals surface area contributed by atoms with E-state index < -0.39 is 21.4 Å². The molecule has 0 spiro atoms. The minimum Gasteiger partial charge on any atom is -0.299 e. The van der Waals surface area contributed by atoms with Gasteiger partial charge < -0.3 is 0 Å². The predicted octanol–water partition coefficient (Wildman–Crippen LogP) is -0.118. The van der Waals surface area contributed by atoms with Crippen LogP contribution >= 0.6 is 12.6 Å². The van der Waals surface area contributed by atoms with Crippen LogP contribution in [0, 0.1) is 0 Å². The van der Waals surface area contributed by atoms with Gasteiger partial charge in [0.1, 0.15) is 6.10 Å². The van der Waals surface area contributed by atoms with Gasteiger partial charge in [0, 0.05) is 0 Å². The SMILES string of the molecule is CCC1OS(=O)(=O)OC1(S)C=O. The van der Waals surface area contributed by atoms with E-state index in [0.29, 0.717) is 12.7 Å². The summed E-state index contributed by atoms with van der Waals surface area (Å²) in [6.45, 7) is 1.67. The molecular formula is C5H8O5S2. The summed E-state index contributed by atoms with van der Waals surface area (Å²) < 4.78 is 30.2. The number of hydrogen-bond acceptors (Lipinski definition) is 6. The number of aldehydes is 1. The molecule has 0 aromatic carbocycles. The third kappa shape index (κ3) is 1.63. The smallest absolute Gasteiger partial charge is 0.299 e. The lowest BCUT2D eigenvalue weighted by molar-refractivity contribution is -0.116. The summed E-state index contributed by atoms with van der Waals surface area (Å²) in [5, 5.41) is 0. The van der Waals surface area contributed by atoms with Crippen LogP contribution in [0.3, 0.4) is 0 Å². The molecule has 0 aromatic rings. The van der Waals surface area contributed by atoms with E-state index in [-0.39, 0.29) is 0 Å². The van der Waals surface area contributed by atoms with Crippen molar-refractivity contribution in [1.29, 1.82) is 0 Å². The molecule has 1 heterocycles. The zero-order valence-corrected chi connectivity index (χ0v) is 7.97. The summed E-state index contributed by atoms with van der Waals surface area (Å²) in [6.07, 6.45) is -0.195. The molecule has 1 aliphatic heterocycles. The second-order valence-corrected chi connectivity index (χ2v) is 4.23. The van der Waals surface area contributed by atoms with Gasteiger partial charge in [-0.2, -0.15) is 8.42 Å². The molecule has 0 aromatic heterocycles. The highest BCUT2D eigenvalue weighted by molar-refractivity contribution is 7.86. The predicted molar refractivity (Wildman–Crippen MR) is 42.9 cm³/mol. The quantitative estimate of drug-likeness (QED) is 0.510. The van der Waals surface area contributed by atoms with Crippen LogP contribution < -0.4 is 0 Å². The van der Waals surface area contributed by atoms with Gasteiger partial charge in [-0.25, -0.2) is 8.37 Å². The Labute approximate surface area is 75.8 Å². The highest BCUT2D eigenvalue weighted by Gasteiger charge is 2.50. The van der Waals surface area contributed by atoms with E-state index in [1.54, 1.807) is 6.92 Å². The van der Waals surface area contributed by atoms with E-state index in [2.05, 4.69) is 21.0 Å². The van der Waals surface area contributed by atoms with Gasteiger partial charge in [-0.15, -0.1) is 12.6 Å². The summed E-state index contributed by atoms with van der Waals surface area (Å²) in [4.78, 5) is 8.78. The zero-order chi connectivity index (χ0) is 9.41. The first-order chi connectivity index (χ1) is 5.43. The monoisotopic (exact) mass is 212 g/mol. The Morgan fingerprint density at radius 3 is 2.58 bits per heavy atom. The van der Waals surface area contributed by atoms with Crippen molar-refractivity contribution >= 4 is 29.3 Å². The summed E-state index contributed by atoms with van der Waals surface area (Å²) in [5.74, 6) is 0. The van der Waals surface area contributed by atoms with Crippen molar-refractivity contribution in [3.8, 4) is 0 Å². The second kappa shape index (κ2) is 2.99. The Balaban J connectivity index is 2.98. The molecule has 2 unspecified atom stereocenters. The Morgan fingerprint density at radius 1 is 1.67 bits per heavy atom. The number of carbonyl (C=O) groups excluding carboxylic acids is 1. The van der Waals surface area contributed by atoms with Crippen molar-refractivity contribution in [2.24, 2.45) is 0 Å². The van der Waals surface area contributed by atoms with E-state index >= 15 is 0 Å². The number of rotatable bonds is 2. The summed E-state index contributed by atoms with van der Waals surface area (Å²) in [7, 11) is -4.03. The fourth-order valence-electron chi connectivity index (χ4n) is 0.904. The Kier molecular flexibility index (Phi) is 2.48. The molecular weight excluding hydrogens is 204 g/mol. The van der Waals surface area contributed by atoms with Gasteiger partial charge in [-0.05, 0) is 6.42 Å². The molecule has 0 bridgehead atoms. The number of thiol groups is 1. The van der Waals surface area contributed by atoms with Crippen LogP contribution in [-0.2, 0) is 23.6 Å². The van der Waals surface area contributed by atoms with Crippen LogP contribution in [0.15, 0.2) is 0 Å². The fourth-order valence-corrected chi connectivity index (χ4v) is 2.56. The average molecular weight is 212 g/mol. The molecule has 1 fully saturated rings. The molecule has 1 rings (SSSR count). The van der Waals surface area contributed by atoms with Crippen molar-refractivity contribution in [3.63, 3.8) is 0 Å². The Bertz CT molecular complexity index is 284. The van der Waals surface area contributed by atoms with E-state index in [9.17, 15) is 13.2 Å². The highest BCUT2D eigenvalue weighted by atomic mass is 32.3. The van der Waals surface area contributed by atoms with Gasteiger partial charge in [0.05, 0.1) is 0 Å². The average Bonchev–Trinajstić information content (AvgIpc) is 2.22. The number of hydrogen-bond donors (Lipinski definition) is 1. The molecule has 0 N–H and O–H groups in total. The Morgan fingerprint density at radius 2 is 2.25 bits per heavy atom. The van der Waals surface area contributed by atoms with Gasteiger partial charge in [-0.3, -0.25) is 4.79 Å². The van der Waals surface area contributed by atoms with E-state index in [1.807, 2.05) is 0 Å². The van der Waals surface area contributed by atoms with E-state index in [4.69, 9.17) is 0 Å². The van der Waals surface area contributed by atoms with Crippen LogP contribution in [0.2, 0.25) is 0 Å². The fraction of sp³-hybridized carbons (Fsp3) is 0.800. The van der Waals surface area contributed by atoms with Gasteiger partial charge in [-0.1, -0.05) is 6.92 Å². The molecule has 1 aliphatic rings. The topological polar surface area (TPSA) is 69.7 Å². The standard InChI is InChI=1S/C5H8O5S2/c1-2-4-5(11,3-6)10-12(7,8)9-4/h3-4,11H,2H2,1H3. The largest absolute Gasteiger partial charge is 0.402 e. The van der Waals surface area contributed by atoms with Crippen molar-refractivity contribution in [2.45, 2.75) is 24.4 Å². The molecule has 0 saturated carbocycles. The molecule has 0 radical (unpaired) electrons. The van der Waals surface area contributed by atoms with E-state index in [1.165, 1.54) is 0 Å². The molecule has 12 heavy (non-hydrogen) atoms. The molecule has 0 amide bonds. The second-order valence-electron chi connectivity index (χ2n) is 2.35. The first kappa shape index (κ1) is 9.97. The molecule has 2 atom stereocenters. The zero-order valence-electron chi connectivity index (χ0n) is 6.26. The van der Waals surface area contributed by atoms with Gasteiger partial charge in [0.2, 0.25) is 4.93 Å². The normalized spacial score (nSPS) is 39.7. The lowest BCUT2D eigenvalue weighted by atomic mass is 10.2. The van der Waals surface area contributed by atoms with Crippen LogP contribution in [0.4, 0.5) is 0 Å². The van der Waals surface area contributed by atoms with Crippen LogP contribution in [-0.4, -0.2) is 25.7 Å². The van der Waals surface area contributed by atoms with Crippen LogP contribution in [0.1, 0.15) is 13.3 Å². The van der Waals surface area contributed by atoms with Gasteiger partial charge in [0.25, 0.3) is 0 Å². The molecule has 0 aliphatic carbocycles. The molecule has 5 nitrogen and oxygen atoms in total. The highest BCUT2D eigenvalue weighted by Crippen LogP contribution is 2.34. The number of carbonyl (C=O) groups is 1. The minimum absolute atomic E-state index is 0.314. The Hall–Kier alpha value is -0.110. The maximum Gasteiger partial charge on any atom is 0.402 e. The first-order valence-corrected chi connectivity index (χ1v) is 5.04. The van der Waals surface area contributed by atoms with Gasteiger partial charge >= 0.3 is 10.4 Å². The van der Waals surface area contributed by atoms with E-state index in [0.717, 1.165) is 0 Å². The van der Waals surface area contributed by atoms with Crippen molar-refractivity contribution in [3.05, 3.63) is 0 Å². The third-order valence-corrected chi connectivity index (χ3v) is 3.03. The lowest BCUT2D eigenvalue weighted by Gasteiger charge is -2.15. The maximum absolute atomic E-state index is 10.7.